The van der Waals surface area contributed by atoms with Crippen molar-refractivity contribution in [2.75, 3.05) is 4.67 Å². The zero-order valence-electron chi connectivity index (χ0n) is 23.2. The molecule has 6 aromatic carbocycles. The van der Waals surface area contributed by atoms with Crippen molar-refractivity contribution < 1.29 is 8.39 Å². The van der Waals surface area contributed by atoms with Gasteiger partial charge in [0, 0.05) is 10.8 Å². The van der Waals surface area contributed by atoms with Crippen LogP contribution in [0.1, 0.15) is 34.7 Å². The summed E-state index contributed by atoms with van der Waals surface area (Å²) < 4.78 is 16.6. The Kier molecular flexibility index (Phi) is 5.69. The Labute approximate surface area is 240 Å². The molecule has 4 heteroatoms. The smallest absolute Gasteiger partial charge is 0.342 e. The average molecular weight is 552 g/mol. The number of aryl methyl sites for hydroxylation is 3. The summed E-state index contributed by atoms with van der Waals surface area (Å²) >= 11 is 0. The fourth-order valence-corrected chi connectivity index (χ4v) is 8.39. The van der Waals surface area contributed by atoms with Gasteiger partial charge in [-0.25, -0.2) is 0 Å². The van der Waals surface area contributed by atoms with Crippen molar-refractivity contribution in [1.29, 1.82) is 0 Å². The van der Waals surface area contributed by atoms with Crippen molar-refractivity contribution in [3.8, 4) is 0 Å². The summed E-state index contributed by atoms with van der Waals surface area (Å²) in [6.07, 6.45) is 2.02. The fraction of sp³-hybridized carbons (Fsp3) is 0.135. The number of hydrogen-bond acceptors (Lipinski definition) is 3. The predicted molar refractivity (Wildman–Crippen MR) is 173 cm³/mol. The molecule has 0 N–H and O–H groups in total. The van der Waals surface area contributed by atoms with Gasteiger partial charge in [0.05, 0.1) is 11.7 Å². The Morgan fingerprint density at radius 2 is 1.20 bits per heavy atom. The molecule has 0 amide bonds. The minimum atomic E-state index is -1.54. The summed E-state index contributed by atoms with van der Waals surface area (Å²) in [7, 11) is -1.54. The van der Waals surface area contributed by atoms with Gasteiger partial charge in [-0.05, 0) is 77.6 Å². The first-order chi connectivity index (χ1) is 20.1. The third-order valence-electron chi connectivity index (χ3n) is 8.41. The second kappa shape index (κ2) is 9.58. The Bertz CT molecular complexity index is 2040. The van der Waals surface area contributed by atoms with Crippen molar-refractivity contribution in [2.24, 2.45) is 0 Å². The minimum Gasteiger partial charge on any atom is -0.404 e. The summed E-state index contributed by atoms with van der Waals surface area (Å²) in [5, 5.41) is 6.94. The molecule has 1 aromatic heterocycles. The Balaban J connectivity index is 1.51. The molecule has 0 saturated heterocycles. The van der Waals surface area contributed by atoms with Crippen LogP contribution in [0.3, 0.4) is 0 Å². The van der Waals surface area contributed by atoms with E-state index in [1.54, 1.807) is 0 Å². The largest absolute Gasteiger partial charge is 0.404 e. The van der Waals surface area contributed by atoms with E-state index in [9.17, 15) is 0 Å². The SMILES string of the molecule is Cc1cc(C)cc([C@@H]2CCc3ccccc3N2p2oc3ccc4ccccc4c3c3c(ccc4ccccc43)o2)c1. The summed E-state index contributed by atoms with van der Waals surface area (Å²) in [6.45, 7) is 4.37. The Morgan fingerprint density at radius 3 is 1.83 bits per heavy atom. The van der Waals surface area contributed by atoms with Crippen LogP contribution in [0.4, 0.5) is 5.69 Å². The van der Waals surface area contributed by atoms with Crippen LogP contribution in [0.15, 0.2) is 124 Å². The number of fused-ring (bicyclic) bond motifs is 8. The van der Waals surface area contributed by atoms with Gasteiger partial charge >= 0.3 is 8.16 Å². The molecule has 1 atom stereocenters. The average Bonchev–Trinajstić information content (AvgIpc) is 3.17. The number of rotatable bonds is 2. The number of para-hydroxylation sites is 1. The Hall–Kier alpha value is -4.46. The third-order valence-corrected chi connectivity index (χ3v) is 9.96. The van der Waals surface area contributed by atoms with Gasteiger partial charge in [-0.1, -0.05) is 108 Å². The molecular formula is C37H30NO2P. The van der Waals surface area contributed by atoms with E-state index < -0.39 is 8.16 Å². The molecule has 200 valence electrons. The minimum absolute atomic E-state index is 0.139. The topological polar surface area (TPSA) is 29.5 Å². The first kappa shape index (κ1) is 24.3. The highest BCUT2D eigenvalue weighted by molar-refractivity contribution is 7.39. The standard InChI is InChI=1S/C37H30NO2P/c1-24-21-25(2)23-29(22-24)33-18-15-28-11-5-8-14-32(28)38(33)41-39-34-19-16-26-9-3-6-12-30(26)36(34)37-31-13-7-4-10-27(31)17-20-35(37)40-41/h3-14,16-17,19-23,33H,15,18H2,1-2H3/t33-/m0/s1. The molecule has 41 heavy (non-hydrogen) atoms. The number of nitrogens with zero attached hydrogens (tertiary/aromatic N) is 1. The van der Waals surface area contributed by atoms with Gasteiger partial charge < -0.3 is 8.39 Å². The van der Waals surface area contributed by atoms with Gasteiger partial charge in [0.2, 0.25) is 0 Å². The molecule has 0 fully saturated rings. The van der Waals surface area contributed by atoms with Gasteiger partial charge in [-0.3, -0.25) is 4.67 Å². The lowest BCUT2D eigenvalue weighted by molar-refractivity contribution is 0.576. The van der Waals surface area contributed by atoms with Crippen LogP contribution in [-0.2, 0) is 6.42 Å². The molecule has 0 bridgehead atoms. The van der Waals surface area contributed by atoms with E-state index in [4.69, 9.17) is 8.39 Å². The van der Waals surface area contributed by atoms with Gasteiger partial charge in [-0.2, -0.15) is 0 Å². The molecule has 3 nitrogen and oxygen atoms in total. The summed E-state index contributed by atoms with van der Waals surface area (Å²) in [4.78, 5) is 0. The molecule has 0 spiro atoms. The molecular weight excluding hydrogens is 521 g/mol. The van der Waals surface area contributed by atoms with E-state index in [1.165, 1.54) is 49.5 Å². The van der Waals surface area contributed by atoms with E-state index >= 15 is 0 Å². The van der Waals surface area contributed by atoms with Crippen LogP contribution in [0.5, 0.6) is 0 Å². The maximum absolute atomic E-state index is 7.07. The normalized spacial score (nSPS) is 15.1. The first-order valence-electron chi connectivity index (χ1n) is 14.3. The monoisotopic (exact) mass is 551 g/mol. The van der Waals surface area contributed by atoms with E-state index in [2.05, 4.69) is 134 Å². The van der Waals surface area contributed by atoms with Crippen LogP contribution in [0.25, 0.3) is 43.5 Å². The third kappa shape index (κ3) is 4.04. The molecule has 8 rings (SSSR count). The van der Waals surface area contributed by atoms with E-state index in [1.807, 2.05) is 0 Å². The molecule has 1 aliphatic heterocycles. The number of benzene rings is 6. The zero-order chi connectivity index (χ0) is 27.5. The lowest BCUT2D eigenvalue weighted by atomic mass is 9.92. The van der Waals surface area contributed by atoms with Gasteiger partial charge in [0.1, 0.15) is 11.2 Å². The first-order valence-corrected chi connectivity index (χ1v) is 15.4. The molecule has 0 aliphatic carbocycles. The van der Waals surface area contributed by atoms with Gasteiger partial charge in [0.25, 0.3) is 0 Å². The van der Waals surface area contributed by atoms with E-state index in [0.29, 0.717) is 0 Å². The van der Waals surface area contributed by atoms with Crippen LogP contribution in [0.2, 0.25) is 0 Å². The fourth-order valence-electron chi connectivity index (χ4n) is 6.69. The second-order valence-corrected chi connectivity index (χ2v) is 12.5. The maximum Gasteiger partial charge on any atom is 0.342 e. The summed E-state index contributed by atoms with van der Waals surface area (Å²) in [5.74, 6) is 0. The highest BCUT2D eigenvalue weighted by Gasteiger charge is 2.32. The lowest BCUT2D eigenvalue weighted by Gasteiger charge is -2.36. The van der Waals surface area contributed by atoms with E-state index in [-0.39, 0.29) is 6.04 Å². The highest BCUT2D eigenvalue weighted by Crippen LogP contribution is 2.51. The van der Waals surface area contributed by atoms with Crippen molar-refractivity contribution >= 4 is 57.3 Å². The number of hydrogen-bond donors (Lipinski definition) is 0. The molecule has 0 unspecified atom stereocenters. The van der Waals surface area contributed by atoms with Crippen molar-refractivity contribution in [3.05, 3.63) is 138 Å². The van der Waals surface area contributed by atoms with Crippen molar-refractivity contribution in [2.45, 2.75) is 32.7 Å². The van der Waals surface area contributed by atoms with Gasteiger partial charge in [-0.15, -0.1) is 0 Å². The molecule has 2 heterocycles. The Morgan fingerprint density at radius 1 is 0.634 bits per heavy atom. The quantitative estimate of drug-likeness (QED) is 0.214. The second-order valence-electron chi connectivity index (χ2n) is 11.2. The van der Waals surface area contributed by atoms with E-state index in [0.717, 1.165) is 34.8 Å². The van der Waals surface area contributed by atoms with Crippen molar-refractivity contribution in [3.63, 3.8) is 0 Å². The molecule has 7 aromatic rings. The van der Waals surface area contributed by atoms with Crippen molar-refractivity contribution in [1.82, 2.24) is 0 Å². The number of anilines is 1. The van der Waals surface area contributed by atoms with Gasteiger partial charge in [0.15, 0.2) is 0 Å². The lowest BCUT2D eigenvalue weighted by Crippen LogP contribution is -2.26. The molecule has 0 saturated carbocycles. The maximum atomic E-state index is 7.07. The summed E-state index contributed by atoms with van der Waals surface area (Å²) in [5.41, 5.74) is 8.14. The van der Waals surface area contributed by atoms with Crippen LogP contribution >= 0.6 is 8.16 Å². The molecule has 0 radical (unpaired) electrons. The zero-order valence-corrected chi connectivity index (χ0v) is 24.1. The van der Waals surface area contributed by atoms with Crippen LogP contribution in [0, 0.1) is 13.8 Å². The van der Waals surface area contributed by atoms with Crippen LogP contribution < -0.4 is 4.67 Å². The predicted octanol–water partition coefficient (Wildman–Crippen LogP) is 11.2. The molecule has 1 aliphatic rings. The highest BCUT2D eigenvalue weighted by atomic mass is 31.1. The summed E-state index contributed by atoms with van der Waals surface area (Å²) in [6, 6.07) is 41.6. The van der Waals surface area contributed by atoms with Crippen LogP contribution in [-0.4, -0.2) is 0 Å².